The number of rotatable bonds is 8. The Morgan fingerprint density at radius 3 is 2.10 bits per heavy atom. The van der Waals surface area contributed by atoms with Crippen molar-refractivity contribution in [1.29, 1.82) is 0 Å². The number of ether oxygens (including phenoxy) is 2. The highest BCUT2D eigenvalue weighted by Crippen LogP contribution is 2.38. The summed E-state index contributed by atoms with van der Waals surface area (Å²) < 4.78 is 10.2. The van der Waals surface area contributed by atoms with Crippen molar-refractivity contribution in [2.45, 2.75) is 52.9 Å². The van der Waals surface area contributed by atoms with Crippen molar-refractivity contribution in [3.63, 3.8) is 0 Å². The highest BCUT2D eigenvalue weighted by molar-refractivity contribution is 6.00. The molecule has 0 radical (unpaired) electrons. The molecule has 0 N–H and O–H groups in total. The van der Waals surface area contributed by atoms with Crippen LogP contribution in [-0.4, -0.2) is 25.2 Å². The van der Waals surface area contributed by atoms with Crippen molar-refractivity contribution in [3.05, 3.63) is 11.1 Å². The Balaban J connectivity index is 2.98. The summed E-state index contributed by atoms with van der Waals surface area (Å²) in [5.74, 6) is 1.29. The van der Waals surface area contributed by atoms with Gasteiger partial charge in [-0.3, -0.25) is 9.59 Å². The Labute approximate surface area is 126 Å². The van der Waals surface area contributed by atoms with E-state index >= 15 is 0 Å². The van der Waals surface area contributed by atoms with Gasteiger partial charge in [-0.15, -0.1) is 12.3 Å². The first kappa shape index (κ1) is 17.3. The molecule has 1 fully saturated rings. The fourth-order valence-corrected chi connectivity index (χ4v) is 2.30. The Morgan fingerprint density at radius 2 is 1.71 bits per heavy atom. The molecule has 0 aromatic carbocycles. The van der Waals surface area contributed by atoms with E-state index in [1.807, 2.05) is 6.92 Å². The molecule has 21 heavy (non-hydrogen) atoms. The Morgan fingerprint density at radius 1 is 1.19 bits per heavy atom. The molecule has 0 aromatic heterocycles. The van der Waals surface area contributed by atoms with Crippen LogP contribution in [0.1, 0.15) is 52.9 Å². The van der Waals surface area contributed by atoms with Crippen LogP contribution < -0.4 is 0 Å². The fourth-order valence-electron chi connectivity index (χ4n) is 2.30. The lowest BCUT2D eigenvalue weighted by Crippen LogP contribution is -2.42. The molecule has 0 spiro atoms. The third-order valence-electron chi connectivity index (χ3n) is 3.77. The lowest BCUT2D eigenvalue weighted by atomic mass is 9.79. The summed E-state index contributed by atoms with van der Waals surface area (Å²) in [7, 11) is 0. The quantitative estimate of drug-likeness (QED) is 0.299. The average molecular weight is 292 g/mol. The van der Waals surface area contributed by atoms with Gasteiger partial charge in [0.25, 0.3) is 0 Å². The van der Waals surface area contributed by atoms with Gasteiger partial charge in [0.2, 0.25) is 0 Å². The van der Waals surface area contributed by atoms with Gasteiger partial charge < -0.3 is 9.47 Å². The van der Waals surface area contributed by atoms with Crippen molar-refractivity contribution in [1.82, 2.24) is 0 Å². The number of esters is 2. The predicted octanol–water partition coefficient (Wildman–Crippen LogP) is 3.01. The first-order valence-corrected chi connectivity index (χ1v) is 7.47. The minimum absolute atomic E-state index is 0.00722. The normalized spacial score (nSPS) is 13.3. The molecular weight excluding hydrogens is 268 g/mol. The van der Waals surface area contributed by atoms with Crippen molar-refractivity contribution >= 4 is 11.9 Å². The number of hydrogen-bond acceptors (Lipinski definition) is 4. The predicted molar refractivity (Wildman–Crippen MR) is 80.3 cm³/mol. The third kappa shape index (κ3) is 4.35. The number of carbonyl (C=O) groups is 2. The summed E-state index contributed by atoms with van der Waals surface area (Å²) in [6, 6.07) is 0. The monoisotopic (exact) mass is 292 g/mol. The van der Waals surface area contributed by atoms with Crippen LogP contribution in [0.5, 0.6) is 0 Å². The lowest BCUT2D eigenvalue weighted by molar-refractivity contribution is -0.172. The fraction of sp³-hybridized carbons (Fsp3) is 0.647. The summed E-state index contributed by atoms with van der Waals surface area (Å²) in [4.78, 5) is 24.7. The first-order chi connectivity index (χ1) is 10.0. The molecule has 1 aliphatic carbocycles. The van der Waals surface area contributed by atoms with Gasteiger partial charge in [-0.1, -0.05) is 11.1 Å². The summed E-state index contributed by atoms with van der Waals surface area (Å²) in [5.41, 5.74) is 1.28. The van der Waals surface area contributed by atoms with Gasteiger partial charge in [-0.2, -0.15) is 0 Å². The van der Waals surface area contributed by atoms with Gasteiger partial charge in [0.1, 0.15) is 0 Å². The standard InChI is InChI=1S/C17H24O4/c1-5-11-17(15(18)20-6-2,16(19)21-7-3)12-10-13(4)14-8-9-14/h1H,6-12H2,2-4H3. The van der Waals surface area contributed by atoms with Crippen LogP contribution in [0, 0.1) is 17.8 Å². The Kier molecular flexibility index (Phi) is 6.48. The van der Waals surface area contributed by atoms with E-state index in [1.54, 1.807) is 13.8 Å². The molecule has 0 aromatic rings. The average Bonchev–Trinajstić information content (AvgIpc) is 3.28. The molecule has 1 rings (SSSR count). The summed E-state index contributed by atoms with van der Waals surface area (Å²) in [6.07, 6.45) is 8.63. The maximum atomic E-state index is 12.3. The molecule has 1 aliphatic rings. The molecule has 0 unspecified atom stereocenters. The van der Waals surface area contributed by atoms with E-state index in [2.05, 4.69) is 5.92 Å². The molecule has 0 atom stereocenters. The zero-order valence-corrected chi connectivity index (χ0v) is 13.2. The number of terminal acetylenes is 1. The smallest absolute Gasteiger partial charge is 0.324 e. The van der Waals surface area contributed by atoms with Crippen LogP contribution in [0.4, 0.5) is 0 Å². The second-order valence-electron chi connectivity index (χ2n) is 5.29. The Bertz CT molecular complexity index is 444. The molecular formula is C17H24O4. The van der Waals surface area contributed by atoms with E-state index in [4.69, 9.17) is 15.9 Å². The van der Waals surface area contributed by atoms with Crippen LogP contribution in [0.25, 0.3) is 0 Å². The van der Waals surface area contributed by atoms with E-state index in [0.717, 1.165) is 12.8 Å². The topological polar surface area (TPSA) is 52.6 Å². The zero-order valence-electron chi connectivity index (χ0n) is 13.2. The molecule has 4 heteroatoms. The van der Waals surface area contributed by atoms with E-state index < -0.39 is 17.4 Å². The van der Waals surface area contributed by atoms with Gasteiger partial charge in [-0.05, 0) is 46.5 Å². The van der Waals surface area contributed by atoms with Gasteiger partial charge in [0, 0.05) is 6.42 Å². The minimum Gasteiger partial charge on any atom is -0.465 e. The van der Waals surface area contributed by atoms with Gasteiger partial charge in [-0.25, -0.2) is 0 Å². The maximum Gasteiger partial charge on any atom is 0.324 e. The second kappa shape index (κ2) is 7.87. The van der Waals surface area contributed by atoms with Crippen LogP contribution in [0.3, 0.4) is 0 Å². The van der Waals surface area contributed by atoms with Crippen molar-refractivity contribution in [2.75, 3.05) is 13.2 Å². The van der Waals surface area contributed by atoms with E-state index in [1.165, 1.54) is 11.1 Å². The number of allylic oxidation sites excluding steroid dienone is 2. The highest BCUT2D eigenvalue weighted by atomic mass is 16.6. The van der Waals surface area contributed by atoms with Crippen LogP contribution in [0.15, 0.2) is 11.1 Å². The SMILES string of the molecule is C#CCC(CCC(C)=C1CC1)(C(=O)OCC)C(=O)OCC. The van der Waals surface area contributed by atoms with Crippen molar-refractivity contribution < 1.29 is 19.1 Å². The lowest BCUT2D eigenvalue weighted by Gasteiger charge is -2.27. The molecule has 0 bridgehead atoms. The van der Waals surface area contributed by atoms with Crippen LogP contribution >= 0.6 is 0 Å². The largest absolute Gasteiger partial charge is 0.465 e. The van der Waals surface area contributed by atoms with Gasteiger partial charge in [0.15, 0.2) is 5.41 Å². The van der Waals surface area contributed by atoms with E-state index in [0.29, 0.717) is 12.8 Å². The zero-order chi connectivity index (χ0) is 15.9. The molecule has 116 valence electrons. The van der Waals surface area contributed by atoms with Gasteiger partial charge in [0.05, 0.1) is 13.2 Å². The molecule has 0 saturated heterocycles. The summed E-state index contributed by atoms with van der Waals surface area (Å²) in [6.45, 7) is 5.89. The summed E-state index contributed by atoms with van der Waals surface area (Å²) >= 11 is 0. The van der Waals surface area contributed by atoms with E-state index in [9.17, 15) is 9.59 Å². The molecule has 0 heterocycles. The number of carbonyl (C=O) groups excluding carboxylic acids is 2. The second-order valence-corrected chi connectivity index (χ2v) is 5.29. The van der Waals surface area contributed by atoms with Crippen molar-refractivity contribution in [3.8, 4) is 12.3 Å². The third-order valence-corrected chi connectivity index (χ3v) is 3.77. The molecule has 1 saturated carbocycles. The molecule has 0 aliphatic heterocycles. The van der Waals surface area contributed by atoms with Crippen LogP contribution in [0.2, 0.25) is 0 Å². The summed E-state index contributed by atoms with van der Waals surface area (Å²) in [5, 5.41) is 0. The molecule has 4 nitrogen and oxygen atoms in total. The Hall–Kier alpha value is -1.76. The van der Waals surface area contributed by atoms with Crippen molar-refractivity contribution in [2.24, 2.45) is 5.41 Å². The number of hydrogen-bond donors (Lipinski definition) is 0. The van der Waals surface area contributed by atoms with Gasteiger partial charge >= 0.3 is 11.9 Å². The van der Waals surface area contributed by atoms with Crippen LogP contribution in [-0.2, 0) is 19.1 Å². The maximum absolute atomic E-state index is 12.3. The van der Waals surface area contributed by atoms with E-state index in [-0.39, 0.29) is 19.6 Å². The first-order valence-electron chi connectivity index (χ1n) is 7.47. The molecule has 0 amide bonds. The minimum atomic E-state index is -1.38. The highest BCUT2D eigenvalue weighted by Gasteiger charge is 2.48.